The van der Waals surface area contributed by atoms with E-state index >= 15 is 0 Å². The van der Waals surface area contributed by atoms with Crippen LogP contribution in [-0.4, -0.2) is 22.7 Å². The zero-order valence-electron chi connectivity index (χ0n) is 23.7. The van der Waals surface area contributed by atoms with Crippen molar-refractivity contribution in [3.63, 3.8) is 0 Å². The predicted molar refractivity (Wildman–Crippen MR) is 146 cm³/mol. The zero-order valence-corrected chi connectivity index (χ0v) is 23.7. The lowest BCUT2D eigenvalue weighted by Crippen LogP contribution is -2.47. The Bertz CT molecular complexity index is 1180. The Morgan fingerprint density at radius 3 is 2.28 bits per heavy atom. The third-order valence-electron chi connectivity index (χ3n) is 6.91. The van der Waals surface area contributed by atoms with E-state index in [0.717, 1.165) is 34.5 Å². The quantitative estimate of drug-likeness (QED) is 0.295. The maximum Gasteiger partial charge on any atom is 0.312 e. The van der Waals surface area contributed by atoms with Gasteiger partial charge in [-0.3, -0.25) is 9.78 Å². The van der Waals surface area contributed by atoms with Crippen LogP contribution >= 0.6 is 0 Å². The largest absolute Gasteiger partial charge is 0.490 e. The first kappa shape index (κ1) is 27.8. The first-order valence-electron chi connectivity index (χ1n) is 12.8. The number of ether oxygens (including phenoxy) is 2. The molecule has 0 N–H and O–H groups in total. The van der Waals surface area contributed by atoms with Gasteiger partial charge in [0.05, 0.1) is 11.5 Å². The van der Waals surface area contributed by atoms with E-state index in [9.17, 15) is 4.79 Å². The Balaban J connectivity index is 1.69. The third-order valence-corrected chi connectivity index (χ3v) is 6.91. The van der Waals surface area contributed by atoms with Crippen LogP contribution in [0.15, 0.2) is 53.2 Å². The number of benzene rings is 1. The van der Waals surface area contributed by atoms with Crippen LogP contribution in [0.2, 0.25) is 0 Å². The summed E-state index contributed by atoms with van der Waals surface area (Å²) in [6, 6.07) is 11.7. The molecule has 3 aromatic rings. The Labute approximate surface area is 216 Å². The summed E-state index contributed by atoms with van der Waals surface area (Å²) >= 11 is 0. The standard InChI is InChI=1S/C31H43NO4/c1-21(18-30(8,9)36-27(33)31(10,29(5,6)7)20-28(2,3)4)34-24-14-13-22-16-25(35-26(22)17-24)23-12-11-15-32-19-23/h11-17,19,21H,18,20H2,1-10H3. The molecule has 0 spiro atoms. The Kier molecular flexibility index (Phi) is 7.64. The molecule has 36 heavy (non-hydrogen) atoms. The highest BCUT2D eigenvalue weighted by molar-refractivity contribution is 5.83. The van der Waals surface area contributed by atoms with Crippen LogP contribution in [0, 0.1) is 16.2 Å². The van der Waals surface area contributed by atoms with Crippen LogP contribution in [0.4, 0.5) is 0 Å². The van der Waals surface area contributed by atoms with Crippen LogP contribution in [0.3, 0.4) is 0 Å². The lowest BCUT2D eigenvalue weighted by Gasteiger charge is -2.45. The SMILES string of the molecule is CC(CC(C)(C)OC(=O)C(C)(CC(C)(C)C)C(C)(C)C)Oc1ccc2cc(-c3cccnc3)oc2c1. The van der Waals surface area contributed by atoms with Gasteiger partial charge in [-0.25, -0.2) is 0 Å². The zero-order chi connectivity index (χ0) is 26.9. The summed E-state index contributed by atoms with van der Waals surface area (Å²) in [6.45, 7) is 20.8. The second-order valence-corrected chi connectivity index (χ2v) is 13.2. The summed E-state index contributed by atoms with van der Waals surface area (Å²) in [5.41, 5.74) is 0.173. The number of carbonyl (C=O) groups is 1. The van der Waals surface area contributed by atoms with E-state index < -0.39 is 11.0 Å². The molecule has 2 heterocycles. The molecule has 3 rings (SSSR count). The Morgan fingerprint density at radius 1 is 1.00 bits per heavy atom. The third kappa shape index (κ3) is 6.68. The van der Waals surface area contributed by atoms with Crippen molar-refractivity contribution in [1.82, 2.24) is 4.98 Å². The molecule has 0 saturated heterocycles. The molecule has 0 saturated carbocycles. The molecule has 0 bridgehead atoms. The molecule has 5 heteroatoms. The summed E-state index contributed by atoms with van der Waals surface area (Å²) in [4.78, 5) is 17.7. The van der Waals surface area contributed by atoms with E-state index in [2.05, 4.69) is 46.5 Å². The average molecular weight is 494 g/mol. The van der Waals surface area contributed by atoms with Crippen LogP contribution in [0.1, 0.15) is 82.1 Å². The molecule has 0 aliphatic heterocycles. The summed E-state index contributed by atoms with van der Waals surface area (Å²) in [7, 11) is 0. The molecule has 0 aliphatic carbocycles. The van der Waals surface area contributed by atoms with Gasteiger partial charge in [0.25, 0.3) is 0 Å². The van der Waals surface area contributed by atoms with E-state index in [0.29, 0.717) is 6.42 Å². The van der Waals surface area contributed by atoms with Gasteiger partial charge >= 0.3 is 5.97 Å². The fourth-order valence-electron chi connectivity index (χ4n) is 4.81. The van der Waals surface area contributed by atoms with Gasteiger partial charge < -0.3 is 13.9 Å². The smallest absolute Gasteiger partial charge is 0.312 e. The van der Waals surface area contributed by atoms with Crippen LogP contribution in [0.25, 0.3) is 22.3 Å². The van der Waals surface area contributed by atoms with E-state index in [-0.39, 0.29) is 22.9 Å². The number of carbonyl (C=O) groups excluding carboxylic acids is 1. The summed E-state index contributed by atoms with van der Waals surface area (Å²) in [5, 5.41) is 1.00. The van der Waals surface area contributed by atoms with Gasteiger partial charge in [0.2, 0.25) is 0 Å². The molecule has 0 aliphatic rings. The van der Waals surface area contributed by atoms with Crippen molar-refractivity contribution in [1.29, 1.82) is 0 Å². The maximum absolute atomic E-state index is 13.5. The van der Waals surface area contributed by atoms with Crippen molar-refractivity contribution in [3.05, 3.63) is 48.8 Å². The minimum Gasteiger partial charge on any atom is -0.490 e. The minimum atomic E-state index is -0.677. The molecule has 0 radical (unpaired) electrons. The van der Waals surface area contributed by atoms with Gasteiger partial charge in [-0.05, 0) is 75.3 Å². The highest BCUT2D eigenvalue weighted by Crippen LogP contribution is 2.48. The summed E-state index contributed by atoms with van der Waals surface area (Å²) in [5.74, 6) is 1.34. The second-order valence-electron chi connectivity index (χ2n) is 13.2. The number of furan rings is 1. The lowest BCUT2D eigenvalue weighted by atomic mass is 9.61. The molecule has 2 aromatic heterocycles. The number of pyridine rings is 1. The highest BCUT2D eigenvalue weighted by atomic mass is 16.6. The van der Waals surface area contributed by atoms with Crippen molar-refractivity contribution >= 4 is 16.9 Å². The predicted octanol–water partition coefficient (Wildman–Crippen LogP) is 8.46. The fraction of sp³-hybridized carbons (Fsp3) is 0.548. The molecule has 2 unspecified atom stereocenters. The number of aromatic nitrogens is 1. The van der Waals surface area contributed by atoms with Gasteiger partial charge in [-0.2, -0.15) is 0 Å². The van der Waals surface area contributed by atoms with Gasteiger partial charge in [-0.15, -0.1) is 0 Å². The highest BCUT2D eigenvalue weighted by Gasteiger charge is 2.49. The van der Waals surface area contributed by atoms with Crippen molar-refractivity contribution in [2.45, 2.75) is 93.8 Å². The van der Waals surface area contributed by atoms with Crippen LogP contribution < -0.4 is 4.74 Å². The molecule has 2 atom stereocenters. The fourth-order valence-corrected chi connectivity index (χ4v) is 4.81. The van der Waals surface area contributed by atoms with Gasteiger partial charge in [-0.1, -0.05) is 41.5 Å². The second kappa shape index (κ2) is 9.91. The van der Waals surface area contributed by atoms with E-state index in [4.69, 9.17) is 13.9 Å². The number of fused-ring (bicyclic) bond motifs is 1. The molecule has 196 valence electrons. The first-order valence-corrected chi connectivity index (χ1v) is 12.8. The van der Waals surface area contributed by atoms with E-state index in [1.807, 2.05) is 64.1 Å². The Hall–Kier alpha value is -2.82. The topological polar surface area (TPSA) is 61.6 Å². The number of rotatable bonds is 8. The monoisotopic (exact) mass is 493 g/mol. The van der Waals surface area contributed by atoms with Gasteiger partial charge in [0.1, 0.15) is 22.7 Å². The molecule has 5 nitrogen and oxygen atoms in total. The molecular formula is C31H43NO4. The van der Waals surface area contributed by atoms with E-state index in [1.165, 1.54) is 0 Å². The molecular weight excluding hydrogens is 450 g/mol. The average Bonchev–Trinajstić information content (AvgIpc) is 3.15. The van der Waals surface area contributed by atoms with Gasteiger partial charge in [0.15, 0.2) is 0 Å². The normalized spacial score (nSPS) is 15.4. The van der Waals surface area contributed by atoms with Crippen molar-refractivity contribution < 1.29 is 18.7 Å². The molecule has 1 aromatic carbocycles. The molecule has 0 fully saturated rings. The number of hydrogen-bond acceptors (Lipinski definition) is 5. The number of esters is 1. The summed E-state index contributed by atoms with van der Waals surface area (Å²) < 4.78 is 18.4. The number of nitrogens with zero attached hydrogens (tertiary/aromatic N) is 1. The van der Waals surface area contributed by atoms with Crippen LogP contribution in [0.5, 0.6) is 5.75 Å². The lowest BCUT2D eigenvalue weighted by molar-refractivity contribution is -0.180. The van der Waals surface area contributed by atoms with E-state index in [1.54, 1.807) is 12.4 Å². The maximum atomic E-state index is 13.5. The molecule has 0 amide bonds. The number of hydrogen-bond donors (Lipinski definition) is 0. The van der Waals surface area contributed by atoms with Crippen LogP contribution in [-0.2, 0) is 9.53 Å². The van der Waals surface area contributed by atoms with Crippen molar-refractivity contribution in [3.8, 4) is 17.1 Å². The minimum absolute atomic E-state index is 0.00296. The van der Waals surface area contributed by atoms with Gasteiger partial charge in [0, 0.05) is 35.8 Å². The van der Waals surface area contributed by atoms with Crippen molar-refractivity contribution in [2.24, 2.45) is 16.2 Å². The van der Waals surface area contributed by atoms with Crippen molar-refractivity contribution in [2.75, 3.05) is 0 Å². The Morgan fingerprint density at radius 2 is 1.69 bits per heavy atom. The summed E-state index contributed by atoms with van der Waals surface area (Å²) in [6.07, 6.45) is 4.67. The first-order chi connectivity index (χ1) is 16.5.